The molecule has 3 heteroatoms. The van der Waals surface area contributed by atoms with Gasteiger partial charge in [0.15, 0.2) is 0 Å². The first-order chi connectivity index (χ1) is 5.70. The average molecular weight is 162 g/mol. The Hall–Kier alpha value is -1.77. The van der Waals surface area contributed by atoms with E-state index < -0.39 is 0 Å². The Morgan fingerprint density at radius 3 is 2.67 bits per heavy atom. The van der Waals surface area contributed by atoms with Gasteiger partial charge in [-0.1, -0.05) is 13.2 Å². The Bertz CT molecular complexity index is 309. The number of hydrogen-bond acceptors (Lipinski definition) is 2. The first-order valence-electron chi connectivity index (χ1n) is 3.43. The molecule has 0 saturated carbocycles. The van der Waals surface area contributed by atoms with Crippen molar-refractivity contribution in [3.05, 3.63) is 49.8 Å². The first-order valence-corrected chi connectivity index (χ1v) is 3.43. The van der Waals surface area contributed by atoms with Gasteiger partial charge >= 0.3 is 0 Å². The second-order valence-corrected chi connectivity index (χ2v) is 2.29. The standard InChI is InChI=1S/C9H10N2O/c1-8(3-4-9(2)12)11-6-5-10-7-11/h3-7,12H,1-2H2/b4-3-. The van der Waals surface area contributed by atoms with Gasteiger partial charge in [0.1, 0.15) is 5.76 Å². The van der Waals surface area contributed by atoms with Gasteiger partial charge in [-0.3, -0.25) is 0 Å². The van der Waals surface area contributed by atoms with Crippen molar-refractivity contribution in [3.8, 4) is 0 Å². The lowest BCUT2D eigenvalue weighted by atomic mass is 10.4. The zero-order valence-corrected chi connectivity index (χ0v) is 6.64. The van der Waals surface area contributed by atoms with Gasteiger partial charge in [-0.2, -0.15) is 0 Å². The molecule has 0 aliphatic heterocycles. The van der Waals surface area contributed by atoms with Gasteiger partial charge in [-0.25, -0.2) is 4.98 Å². The van der Waals surface area contributed by atoms with E-state index in [1.165, 1.54) is 6.08 Å². The monoisotopic (exact) mass is 162 g/mol. The highest BCUT2D eigenvalue weighted by Gasteiger charge is 1.89. The van der Waals surface area contributed by atoms with Crippen LogP contribution in [-0.4, -0.2) is 14.7 Å². The van der Waals surface area contributed by atoms with E-state index in [0.717, 1.165) is 5.70 Å². The molecule has 1 aromatic heterocycles. The van der Waals surface area contributed by atoms with E-state index in [2.05, 4.69) is 18.1 Å². The predicted octanol–water partition coefficient (Wildman–Crippen LogP) is 1.98. The molecule has 0 aromatic carbocycles. The summed E-state index contributed by atoms with van der Waals surface area (Å²) in [4.78, 5) is 3.85. The summed E-state index contributed by atoms with van der Waals surface area (Å²) in [7, 11) is 0. The molecule has 1 rings (SSSR count). The highest BCUT2D eigenvalue weighted by molar-refractivity contribution is 5.54. The van der Waals surface area contributed by atoms with Crippen LogP contribution in [0.5, 0.6) is 0 Å². The molecule has 0 radical (unpaired) electrons. The van der Waals surface area contributed by atoms with Crippen molar-refractivity contribution < 1.29 is 5.11 Å². The van der Waals surface area contributed by atoms with Gasteiger partial charge in [0, 0.05) is 18.1 Å². The summed E-state index contributed by atoms with van der Waals surface area (Å²) < 4.78 is 1.74. The molecule has 1 heterocycles. The second kappa shape index (κ2) is 3.57. The van der Waals surface area contributed by atoms with Gasteiger partial charge in [-0.05, 0) is 12.2 Å². The number of aromatic nitrogens is 2. The third-order valence-electron chi connectivity index (χ3n) is 1.30. The summed E-state index contributed by atoms with van der Waals surface area (Å²) in [6, 6.07) is 0. The number of nitrogens with zero attached hydrogens (tertiary/aromatic N) is 2. The van der Waals surface area contributed by atoms with Crippen molar-refractivity contribution in [2.75, 3.05) is 0 Å². The molecule has 0 atom stereocenters. The van der Waals surface area contributed by atoms with E-state index in [-0.39, 0.29) is 5.76 Å². The van der Waals surface area contributed by atoms with Crippen molar-refractivity contribution in [2.45, 2.75) is 0 Å². The zero-order chi connectivity index (χ0) is 8.97. The van der Waals surface area contributed by atoms with Gasteiger partial charge in [0.05, 0.1) is 6.33 Å². The summed E-state index contributed by atoms with van der Waals surface area (Å²) in [6.07, 6.45) is 8.19. The van der Waals surface area contributed by atoms with Crippen molar-refractivity contribution in [2.24, 2.45) is 0 Å². The molecule has 0 saturated heterocycles. The Morgan fingerprint density at radius 1 is 1.42 bits per heavy atom. The molecular weight excluding hydrogens is 152 g/mol. The maximum atomic E-state index is 8.75. The fourth-order valence-electron chi connectivity index (χ4n) is 0.707. The molecule has 0 aliphatic rings. The van der Waals surface area contributed by atoms with Crippen LogP contribution in [0.15, 0.2) is 49.8 Å². The Balaban J connectivity index is 2.68. The predicted molar refractivity (Wildman–Crippen MR) is 48.5 cm³/mol. The normalized spacial score (nSPS) is 10.3. The van der Waals surface area contributed by atoms with Gasteiger partial charge in [-0.15, -0.1) is 0 Å². The zero-order valence-electron chi connectivity index (χ0n) is 6.64. The maximum absolute atomic E-state index is 8.75. The molecule has 1 aromatic rings. The minimum Gasteiger partial charge on any atom is -0.509 e. The number of allylic oxidation sites excluding steroid dienone is 3. The Labute approximate surface area is 71.0 Å². The van der Waals surface area contributed by atoms with Crippen LogP contribution in [-0.2, 0) is 0 Å². The molecule has 0 fully saturated rings. The topological polar surface area (TPSA) is 38.0 Å². The lowest BCUT2D eigenvalue weighted by Gasteiger charge is -1.98. The van der Waals surface area contributed by atoms with Crippen molar-refractivity contribution in [1.29, 1.82) is 0 Å². The Morgan fingerprint density at radius 2 is 2.17 bits per heavy atom. The quantitative estimate of drug-likeness (QED) is 0.545. The van der Waals surface area contributed by atoms with Crippen LogP contribution in [0.2, 0.25) is 0 Å². The first kappa shape index (κ1) is 8.33. The fraction of sp³-hybridized carbons (Fsp3) is 0. The maximum Gasteiger partial charge on any atom is 0.108 e. The van der Waals surface area contributed by atoms with Crippen LogP contribution >= 0.6 is 0 Å². The number of aliphatic hydroxyl groups excluding tert-OH is 1. The highest BCUT2D eigenvalue weighted by atomic mass is 16.3. The lowest BCUT2D eigenvalue weighted by Crippen LogP contribution is -1.87. The molecular formula is C9H10N2O. The van der Waals surface area contributed by atoms with Crippen LogP contribution in [0.4, 0.5) is 0 Å². The minimum atomic E-state index is 0.0104. The van der Waals surface area contributed by atoms with Gasteiger partial charge in [0.25, 0.3) is 0 Å². The number of hydrogen-bond donors (Lipinski definition) is 1. The Kier molecular flexibility index (Phi) is 2.48. The molecule has 0 amide bonds. The summed E-state index contributed by atoms with van der Waals surface area (Å²) in [5.74, 6) is 0.0104. The smallest absolute Gasteiger partial charge is 0.108 e. The average Bonchev–Trinajstić information content (AvgIpc) is 2.51. The van der Waals surface area contributed by atoms with E-state index >= 15 is 0 Å². The number of aliphatic hydroxyl groups is 1. The van der Waals surface area contributed by atoms with Crippen molar-refractivity contribution in [1.82, 2.24) is 9.55 Å². The van der Waals surface area contributed by atoms with E-state index in [9.17, 15) is 0 Å². The van der Waals surface area contributed by atoms with Crippen LogP contribution in [0.25, 0.3) is 5.70 Å². The van der Waals surface area contributed by atoms with E-state index in [1.807, 2.05) is 0 Å². The molecule has 12 heavy (non-hydrogen) atoms. The third kappa shape index (κ3) is 2.12. The van der Waals surface area contributed by atoms with Gasteiger partial charge in [0.2, 0.25) is 0 Å². The highest BCUT2D eigenvalue weighted by Crippen LogP contribution is 2.02. The molecule has 62 valence electrons. The van der Waals surface area contributed by atoms with E-state index in [4.69, 9.17) is 5.11 Å². The van der Waals surface area contributed by atoms with Crippen LogP contribution in [0.1, 0.15) is 0 Å². The van der Waals surface area contributed by atoms with Crippen molar-refractivity contribution >= 4 is 5.70 Å². The summed E-state index contributed by atoms with van der Waals surface area (Å²) >= 11 is 0. The molecule has 3 nitrogen and oxygen atoms in total. The SMILES string of the molecule is C=C(O)/C=C\C(=C)n1ccnc1. The second-order valence-electron chi connectivity index (χ2n) is 2.29. The van der Waals surface area contributed by atoms with Gasteiger partial charge < -0.3 is 9.67 Å². The van der Waals surface area contributed by atoms with Crippen LogP contribution in [0.3, 0.4) is 0 Å². The fourth-order valence-corrected chi connectivity index (χ4v) is 0.707. The van der Waals surface area contributed by atoms with Crippen molar-refractivity contribution in [3.63, 3.8) is 0 Å². The third-order valence-corrected chi connectivity index (χ3v) is 1.30. The van der Waals surface area contributed by atoms with Crippen LogP contribution in [0, 0.1) is 0 Å². The summed E-state index contributed by atoms with van der Waals surface area (Å²) in [5, 5.41) is 8.75. The molecule has 0 unspecified atom stereocenters. The summed E-state index contributed by atoms with van der Waals surface area (Å²) in [5.41, 5.74) is 0.725. The van der Waals surface area contributed by atoms with Crippen LogP contribution < -0.4 is 0 Å². The van der Waals surface area contributed by atoms with E-state index in [0.29, 0.717) is 0 Å². The molecule has 0 bridgehead atoms. The molecule has 1 N–H and O–H groups in total. The lowest BCUT2D eigenvalue weighted by molar-refractivity contribution is 0.435. The van der Waals surface area contributed by atoms with E-state index in [1.54, 1.807) is 29.4 Å². The molecule has 0 aliphatic carbocycles. The largest absolute Gasteiger partial charge is 0.509 e. The minimum absolute atomic E-state index is 0.0104. The molecule has 0 spiro atoms. The number of imidazole rings is 1. The number of rotatable bonds is 3. The summed E-state index contributed by atoms with van der Waals surface area (Å²) in [6.45, 7) is 7.06.